The van der Waals surface area contributed by atoms with Crippen molar-refractivity contribution in [2.75, 3.05) is 20.3 Å². The van der Waals surface area contributed by atoms with Crippen molar-refractivity contribution in [3.8, 4) is 22.8 Å². The topological polar surface area (TPSA) is 87.0 Å². The SMILES string of the molecule is COCCCOc1cc2c(cc1Cl)-c1cc(=O)c(C(=O)O)cn1C(C1=CC=C(Cl)C1)O2. The van der Waals surface area contributed by atoms with Gasteiger partial charge in [-0.25, -0.2) is 4.79 Å². The molecular weight excluding hydrogens is 445 g/mol. The van der Waals surface area contributed by atoms with Crippen LogP contribution in [0.3, 0.4) is 0 Å². The van der Waals surface area contributed by atoms with Crippen molar-refractivity contribution in [1.82, 2.24) is 4.57 Å². The highest BCUT2D eigenvalue weighted by Crippen LogP contribution is 2.46. The first kappa shape index (κ1) is 21.5. The van der Waals surface area contributed by atoms with Gasteiger partial charge in [0.25, 0.3) is 0 Å². The molecule has 2 aliphatic rings. The average Bonchev–Trinajstić information content (AvgIpc) is 3.16. The fourth-order valence-corrected chi connectivity index (χ4v) is 4.00. The Balaban J connectivity index is 1.79. The van der Waals surface area contributed by atoms with Gasteiger partial charge in [-0.15, -0.1) is 0 Å². The minimum absolute atomic E-state index is 0.345. The Hall–Kier alpha value is -2.74. The van der Waals surface area contributed by atoms with Crippen LogP contribution in [0.15, 0.2) is 51.9 Å². The van der Waals surface area contributed by atoms with E-state index < -0.39 is 17.6 Å². The van der Waals surface area contributed by atoms with Crippen molar-refractivity contribution in [3.05, 3.63) is 68.0 Å². The summed E-state index contributed by atoms with van der Waals surface area (Å²) in [7, 11) is 1.62. The number of ether oxygens (including phenoxy) is 3. The Bertz CT molecular complexity index is 1170. The minimum atomic E-state index is -1.31. The molecule has 1 aromatic carbocycles. The maximum Gasteiger partial charge on any atom is 0.341 e. The van der Waals surface area contributed by atoms with E-state index >= 15 is 0 Å². The summed E-state index contributed by atoms with van der Waals surface area (Å²) in [6.07, 6.45) is 5.38. The van der Waals surface area contributed by atoms with Gasteiger partial charge in [-0.1, -0.05) is 29.3 Å². The molecule has 1 aliphatic heterocycles. The highest BCUT2D eigenvalue weighted by Gasteiger charge is 2.31. The second kappa shape index (κ2) is 8.78. The predicted molar refractivity (Wildman–Crippen MR) is 116 cm³/mol. The van der Waals surface area contributed by atoms with Gasteiger partial charge < -0.3 is 23.9 Å². The molecule has 31 heavy (non-hydrogen) atoms. The van der Waals surface area contributed by atoms with Crippen molar-refractivity contribution in [1.29, 1.82) is 0 Å². The Morgan fingerprint density at radius 2 is 2.06 bits per heavy atom. The number of nitrogens with zero attached hydrogens (tertiary/aromatic N) is 1. The number of carboxylic acid groups (broad SMARTS) is 1. The van der Waals surface area contributed by atoms with Crippen LogP contribution in [0, 0.1) is 0 Å². The minimum Gasteiger partial charge on any atom is -0.492 e. The molecule has 0 saturated carbocycles. The van der Waals surface area contributed by atoms with Crippen LogP contribution in [0.1, 0.15) is 29.4 Å². The molecule has 9 heteroatoms. The lowest BCUT2D eigenvalue weighted by Gasteiger charge is -2.32. The summed E-state index contributed by atoms with van der Waals surface area (Å²) < 4.78 is 18.6. The number of hydrogen-bond acceptors (Lipinski definition) is 5. The van der Waals surface area contributed by atoms with Gasteiger partial charge in [-0.2, -0.15) is 0 Å². The van der Waals surface area contributed by atoms with Gasteiger partial charge in [0.05, 0.1) is 17.3 Å². The number of halogens is 2. The first-order valence-corrected chi connectivity index (χ1v) is 10.3. The molecule has 1 atom stereocenters. The normalized spacial score (nSPS) is 16.7. The Labute approximate surface area is 188 Å². The summed E-state index contributed by atoms with van der Waals surface area (Å²) in [5.74, 6) is -0.383. The molecule has 0 fully saturated rings. The molecule has 1 unspecified atom stereocenters. The monoisotopic (exact) mass is 463 g/mol. The number of allylic oxidation sites excluding steroid dienone is 3. The highest BCUT2D eigenvalue weighted by molar-refractivity contribution is 6.32. The van der Waals surface area contributed by atoms with Crippen LogP contribution >= 0.6 is 23.2 Å². The number of aromatic carboxylic acids is 1. The van der Waals surface area contributed by atoms with E-state index in [1.54, 1.807) is 29.9 Å². The molecule has 4 rings (SSSR count). The zero-order chi connectivity index (χ0) is 22.1. The van der Waals surface area contributed by atoms with E-state index in [-0.39, 0.29) is 5.56 Å². The third kappa shape index (κ3) is 4.21. The van der Waals surface area contributed by atoms with Crippen molar-refractivity contribution in [2.24, 2.45) is 0 Å². The Morgan fingerprint density at radius 3 is 2.74 bits per heavy atom. The summed E-state index contributed by atoms with van der Waals surface area (Å²) >= 11 is 12.6. The third-order valence-electron chi connectivity index (χ3n) is 5.03. The smallest absolute Gasteiger partial charge is 0.341 e. The predicted octanol–water partition coefficient (Wildman–Crippen LogP) is 4.63. The van der Waals surface area contributed by atoms with Gasteiger partial charge in [-0.05, 0) is 17.7 Å². The average molecular weight is 464 g/mol. The number of carboxylic acids is 1. The summed E-state index contributed by atoms with van der Waals surface area (Å²) in [6, 6.07) is 4.62. The highest BCUT2D eigenvalue weighted by atomic mass is 35.5. The number of aromatic nitrogens is 1. The van der Waals surface area contributed by atoms with Crippen LogP contribution in [0.5, 0.6) is 11.5 Å². The van der Waals surface area contributed by atoms with Crippen molar-refractivity contribution < 1.29 is 24.1 Å². The van der Waals surface area contributed by atoms with E-state index in [4.69, 9.17) is 37.4 Å². The van der Waals surface area contributed by atoms with Crippen LogP contribution in [0.25, 0.3) is 11.3 Å². The Morgan fingerprint density at radius 1 is 1.26 bits per heavy atom. The molecular formula is C22H19Cl2NO6. The molecule has 0 amide bonds. The lowest BCUT2D eigenvalue weighted by Crippen LogP contribution is -2.28. The van der Waals surface area contributed by atoms with Crippen LogP contribution in [-0.2, 0) is 4.74 Å². The molecule has 2 aromatic rings. The van der Waals surface area contributed by atoms with Gasteiger partial charge in [0.1, 0.15) is 17.1 Å². The second-order valence-electron chi connectivity index (χ2n) is 7.12. The number of methoxy groups -OCH3 is 1. The van der Waals surface area contributed by atoms with Gasteiger partial charge in [0, 0.05) is 55.5 Å². The van der Waals surface area contributed by atoms with Gasteiger partial charge in [-0.3, -0.25) is 4.79 Å². The molecule has 7 nitrogen and oxygen atoms in total. The maximum atomic E-state index is 12.4. The number of carbonyl (C=O) groups is 1. The van der Waals surface area contributed by atoms with E-state index in [0.29, 0.717) is 58.9 Å². The van der Waals surface area contributed by atoms with E-state index in [2.05, 4.69) is 0 Å². The summed E-state index contributed by atoms with van der Waals surface area (Å²) in [5, 5.41) is 10.4. The summed E-state index contributed by atoms with van der Waals surface area (Å²) in [4.78, 5) is 24.0. The number of benzene rings is 1. The van der Waals surface area contributed by atoms with Gasteiger partial charge >= 0.3 is 5.97 Å². The zero-order valence-corrected chi connectivity index (χ0v) is 18.1. The van der Waals surface area contributed by atoms with E-state index in [1.165, 1.54) is 12.3 Å². The zero-order valence-electron chi connectivity index (χ0n) is 16.6. The molecule has 0 saturated heterocycles. The molecule has 1 N–H and O–H groups in total. The van der Waals surface area contributed by atoms with Gasteiger partial charge in [0.15, 0.2) is 11.7 Å². The number of pyridine rings is 1. The molecule has 162 valence electrons. The van der Waals surface area contributed by atoms with E-state index in [1.807, 2.05) is 6.08 Å². The third-order valence-corrected chi connectivity index (χ3v) is 5.59. The fourth-order valence-electron chi connectivity index (χ4n) is 3.56. The lowest BCUT2D eigenvalue weighted by molar-refractivity contribution is 0.0693. The maximum absolute atomic E-state index is 12.4. The van der Waals surface area contributed by atoms with Crippen LogP contribution < -0.4 is 14.9 Å². The summed E-state index contributed by atoms with van der Waals surface area (Å²) in [5.41, 5.74) is 0.949. The second-order valence-corrected chi connectivity index (χ2v) is 8.02. The van der Waals surface area contributed by atoms with E-state index in [0.717, 1.165) is 5.57 Å². The quantitative estimate of drug-likeness (QED) is 0.602. The number of rotatable bonds is 7. The Kier molecular flexibility index (Phi) is 6.09. The number of fused-ring (bicyclic) bond motifs is 3. The molecule has 1 aliphatic carbocycles. The molecule has 0 spiro atoms. The standard InChI is InChI=1S/C22H19Cl2NO6/c1-29-5-2-6-30-20-10-19-14(8-16(20)24)17-9-18(26)15(22(27)28)11-25(17)21(31-19)12-3-4-13(23)7-12/h3-4,8-11,21H,2,5-7H2,1H3,(H,27,28). The molecule has 2 heterocycles. The van der Waals surface area contributed by atoms with Crippen LogP contribution in [-0.4, -0.2) is 36.0 Å². The summed E-state index contributed by atoms with van der Waals surface area (Å²) in [6.45, 7) is 0.976. The lowest BCUT2D eigenvalue weighted by atomic mass is 10.0. The van der Waals surface area contributed by atoms with Crippen molar-refractivity contribution >= 4 is 29.2 Å². The first-order valence-electron chi connectivity index (χ1n) is 9.56. The van der Waals surface area contributed by atoms with Crippen molar-refractivity contribution in [3.63, 3.8) is 0 Å². The van der Waals surface area contributed by atoms with E-state index in [9.17, 15) is 14.7 Å². The fraction of sp³-hybridized carbons (Fsp3) is 0.273. The van der Waals surface area contributed by atoms with Crippen molar-refractivity contribution in [2.45, 2.75) is 19.1 Å². The largest absolute Gasteiger partial charge is 0.492 e. The molecule has 0 bridgehead atoms. The number of hydrogen-bond donors (Lipinski definition) is 1. The van der Waals surface area contributed by atoms with Gasteiger partial charge in [0.2, 0.25) is 0 Å². The van der Waals surface area contributed by atoms with Crippen LogP contribution in [0.4, 0.5) is 0 Å². The van der Waals surface area contributed by atoms with Crippen LogP contribution in [0.2, 0.25) is 5.02 Å². The first-order chi connectivity index (χ1) is 14.9. The molecule has 0 radical (unpaired) electrons. The molecule has 1 aromatic heterocycles.